The van der Waals surface area contributed by atoms with Crippen molar-refractivity contribution in [1.29, 1.82) is 0 Å². The number of thiophene rings is 2. The van der Waals surface area contributed by atoms with Crippen LogP contribution in [0, 0.1) is 20.8 Å². The molecule has 1 N–H and O–H groups in total. The summed E-state index contributed by atoms with van der Waals surface area (Å²) in [6, 6.07) is 6.15. The predicted molar refractivity (Wildman–Crippen MR) is 66.9 cm³/mol. The molecule has 0 aliphatic heterocycles. The lowest BCUT2D eigenvalue weighted by Gasteiger charge is -2.07. The van der Waals surface area contributed by atoms with E-state index in [0.717, 1.165) is 10.4 Å². The molecule has 0 bridgehead atoms. The molecule has 0 aliphatic rings. The van der Waals surface area contributed by atoms with Crippen LogP contribution in [0.1, 0.15) is 31.2 Å². The van der Waals surface area contributed by atoms with Crippen molar-refractivity contribution >= 4 is 22.7 Å². The lowest BCUT2D eigenvalue weighted by Crippen LogP contribution is -1.96. The molecule has 15 heavy (non-hydrogen) atoms. The van der Waals surface area contributed by atoms with Crippen LogP contribution in [0.3, 0.4) is 0 Å². The number of aryl methyl sites for hydroxylation is 3. The SMILES string of the molecule is Cc1ccc(C(O)c2cc(C)sc2C)s1. The van der Waals surface area contributed by atoms with E-state index in [1.165, 1.54) is 14.6 Å². The van der Waals surface area contributed by atoms with Crippen molar-refractivity contribution in [1.82, 2.24) is 0 Å². The molecule has 0 amide bonds. The van der Waals surface area contributed by atoms with Crippen molar-refractivity contribution in [3.63, 3.8) is 0 Å². The molecular weight excluding hydrogens is 224 g/mol. The normalized spacial score (nSPS) is 13.1. The van der Waals surface area contributed by atoms with Crippen molar-refractivity contribution in [2.45, 2.75) is 26.9 Å². The molecule has 80 valence electrons. The first kappa shape index (κ1) is 10.9. The van der Waals surface area contributed by atoms with E-state index >= 15 is 0 Å². The zero-order chi connectivity index (χ0) is 11.0. The second-order valence-electron chi connectivity index (χ2n) is 3.72. The van der Waals surface area contributed by atoms with E-state index in [2.05, 4.69) is 32.9 Å². The van der Waals surface area contributed by atoms with E-state index in [1.807, 2.05) is 6.07 Å². The molecule has 0 fully saturated rings. The first-order valence-electron chi connectivity index (χ1n) is 4.89. The fourth-order valence-corrected chi connectivity index (χ4v) is 3.52. The molecule has 1 nitrogen and oxygen atoms in total. The lowest BCUT2D eigenvalue weighted by atomic mass is 10.1. The topological polar surface area (TPSA) is 20.2 Å². The summed E-state index contributed by atoms with van der Waals surface area (Å²) in [5.74, 6) is 0. The fraction of sp³-hybridized carbons (Fsp3) is 0.333. The highest BCUT2D eigenvalue weighted by atomic mass is 32.1. The molecule has 0 spiro atoms. The Kier molecular flexibility index (Phi) is 2.96. The van der Waals surface area contributed by atoms with Gasteiger partial charge in [-0.25, -0.2) is 0 Å². The van der Waals surface area contributed by atoms with E-state index in [4.69, 9.17) is 0 Å². The summed E-state index contributed by atoms with van der Waals surface area (Å²) >= 11 is 3.41. The Bertz CT molecular complexity index is 468. The molecule has 0 aliphatic carbocycles. The standard InChI is InChI=1S/C12H14OS2/c1-7-4-5-11(15-7)12(13)10-6-8(2)14-9(10)3/h4-6,12-13H,1-3H3. The third kappa shape index (κ3) is 2.14. The minimum Gasteiger partial charge on any atom is -0.383 e. The van der Waals surface area contributed by atoms with Crippen molar-refractivity contribution in [2.75, 3.05) is 0 Å². The first-order chi connectivity index (χ1) is 7.08. The highest BCUT2D eigenvalue weighted by molar-refractivity contribution is 7.12. The van der Waals surface area contributed by atoms with E-state index in [1.54, 1.807) is 22.7 Å². The van der Waals surface area contributed by atoms with Gasteiger partial charge in [0.25, 0.3) is 0 Å². The van der Waals surface area contributed by atoms with Crippen LogP contribution in [0.4, 0.5) is 0 Å². The van der Waals surface area contributed by atoms with Gasteiger partial charge in [-0.3, -0.25) is 0 Å². The summed E-state index contributed by atoms with van der Waals surface area (Å²) in [5, 5.41) is 10.2. The molecule has 0 saturated heterocycles. The van der Waals surface area contributed by atoms with Gasteiger partial charge < -0.3 is 5.11 Å². The average Bonchev–Trinajstić information content (AvgIpc) is 2.71. The van der Waals surface area contributed by atoms with Gasteiger partial charge in [0.1, 0.15) is 6.10 Å². The Morgan fingerprint density at radius 2 is 1.80 bits per heavy atom. The second-order valence-corrected chi connectivity index (χ2v) is 6.50. The number of hydrogen-bond donors (Lipinski definition) is 1. The minimum atomic E-state index is -0.450. The van der Waals surface area contributed by atoms with Crippen molar-refractivity contribution in [3.8, 4) is 0 Å². The first-order valence-corrected chi connectivity index (χ1v) is 6.52. The highest BCUT2D eigenvalue weighted by Crippen LogP contribution is 2.33. The van der Waals surface area contributed by atoms with Crippen molar-refractivity contribution in [3.05, 3.63) is 43.3 Å². The Morgan fingerprint density at radius 1 is 1.07 bits per heavy atom. The molecule has 2 aromatic heterocycles. The van der Waals surface area contributed by atoms with Crippen LogP contribution < -0.4 is 0 Å². The van der Waals surface area contributed by atoms with Gasteiger partial charge in [0.2, 0.25) is 0 Å². The fourth-order valence-electron chi connectivity index (χ4n) is 1.68. The van der Waals surface area contributed by atoms with Gasteiger partial charge in [-0.1, -0.05) is 0 Å². The molecule has 2 rings (SSSR count). The maximum absolute atomic E-state index is 10.2. The van der Waals surface area contributed by atoms with Gasteiger partial charge in [0.05, 0.1) is 0 Å². The Labute approximate surface area is 98.0 Å². The smallest absolute Gasteiger partial charge is 0.114 e. The van der Waals surface area contributed by atoms with Crippen LogP contribution in [-0.2, 0) is 0 Å². The Balaban J connectivity index is 2.35. The number of aliphatic hydroxyl groups excluding tert-OH is 1. The van der Waals surface area contributed by atoms with Gasteiger partial charge in [-0.05, 0) is 44.5 Å². The van der Waals surface area contributed by atoms with Gasteiger partial charge in [0, 0.05) is 19.5 Å². The zero-order valence-corrected chi connectivity index (χ0v) is 10.7. The molecule has 0 saturated carbocycles. The van der Waals surface area contributed by atoms with Gasteiger partial charge in [-0.15, -0.1) is 22.7 Å². The molecule has 0 radical (unpaired) electrons. The molecule has 2 aromatic rings. The maximum atomic E-state index is 10.2. The van der Waals surface area contributed by atoms with Crippen LogP contribution in [-0.4, -0.2) is 5.11 Å². The largest absolute Gasteiger partial charge is 0.383 e. The predicted octanol–water partition coefficient (Wildman–Crippen LogP) is 3.82. The van der Waals surface area contributed by atoms with Gasteiger partial charge >= 0.3 is 0 Å². The lowest BCUT2D eigenvalue weighted by molar-refractivity contribution is 0.224. The second kappa shape index (κ2) is 4.08. The van der Waals surface area contributed by atoms with E-state index in [0.29, 0.717) is 0 Å². The third-order valence-electron chi connectivity index (χ3n) is 2.40. The summed E-state index contributed by atoms with van der Waals surface area (Å²) in [6.45, 7) is 6.21. The summed E-state index contributed by atoms with van der Waals surface area (Å²) in [4.78, 5) is 4.75. The number of hydrogen-bond acceptors (Lipinski definition) is 3. The molecule has 3 heteroatoms. The Hall–Kier alpha value is -0.640. The van der Waals surface area contributed by atoms with Gasteiger partial charge in [0.15, 0.2) is 0 Å². The average molecular weight is 238 g/mol. The highest BCUT2D eigenvalue weighted by Gasteiger charge is 2.16. The summed E-state index contributed by atoms with van der Waals surface area (Å²) in [5.41, 5.74) is 1.05. The van der Waals surface area contributed by atoms with E-state index < -0.39 is 6.10 Å². The molecule has 2 heterocycles. The monoisotopic (exact) mass is 238 g/mol. The Morgan fingerprint density at radius 3 is 2.27 bits per heavy atom. The molecule has 0 aromatic carbocycles. The molecule has 1 unspecified atom stereocenters. The van der Waals surface area contributed by atoms with Crippen LogP contribution in [0.25, 0.3) is 0 Å². The number of aliphatic hydroxyl groups is 1. The van der Waals surface area contributed by atoms with E-state index in [-0.39, 0.29) is 0 Å². The third-order valence-corrected chi connectivity index (χ3v) is 4.44. The number of rotatable bonds is 2. The van der Waals surface area contributed by atoms with Crippen LogP contribution in [0.15, 0.2) is 18.2 Å². The van der Waals surface area contributed by atoms with Crippen LogP contribution >= 0.6 is 22.7 Å². The quantitative estimate of drug-likeness (QED) is 0.843. The summed E-state index contributed by atoms with van der Waals surface area (Å²) in [6.07, 6.45) is -0.450. The van der Waals surface area contributed by atoms with Crippen molar-refractivity contribution < 1.29 is 5.11 Å². The summed E-state index contributed by atoms with van der Waals surface area (Å²) in [7, 11) is 0. The van der Waals surface area contributed by atoms with Crippen LogP contribution in [0.5, 0.6) is 0 Å². The van der Waals surface area contributed by atoms with Gasteiger partial charge in [-0.2, -0.15) is 0 Å². The van der Waals surface area contributed by atoms with E-state index in [9.17, 15) is 5.11 Å². The van der Waals surface area contributed by atoms with Crippen LogP contribution in [0.2, 0.25) is 0 Å². The molecular formula is C12H14OS2. The summed E-state index contributed by atoms with van der Waals surface area (Å²) < 4.78 is 0. The molecule has 1 atom stereocenters. The zero-order valence-electron chi connectivity index (χ0n) is 9.07. The van der Waals surface area contributed by atoms with Crippen molar-refractivity contribution in [2.24, 2.45) is 0 Å². The minimum absolute atomic E-state index is 0.450. The maximum Gasteiger partial charge on any atom is 0.114 e.